The summed E-state index contributed by atoms with van der Waals surface area (Å²) < 4.78 is 5.69. The average Bonchev–Trinajstić information content (AvgIpc) is 3.00. The third kappa shape index (κ3) is 3.97. The molecule has 0 fully saturated rings. The van der Waals surface area contributed by atoms with E-state index in [1.54, 1.807) is 11.3 Å². The number of thiophene rings is 1. The molecular weight excluding hydrogens is 342 g/mol. The first-order valence-corrected chi connectivity index (χ1v) is 9.35. The largest absolute Gasteiger partial charge is 0.494 e. The molecule has 0 amide bonds. The molecule has 0 saturated heterocycles. The quantitative estimate of drug-likeness (QED) is 0.425. The van der Waals surface area contributed by atoms with Gasteiger partial charge in [-0.25, -0.2) is 4.98 Å². The van der Waals surface area contributed by atoms with Crippen LogP contribution in [-0.4, -0.2) is 16.6 Å². The molecule has 0 radical (unpaired) electrons. The second-order valence-electron chi connectivity index (χ2n) is 5.48. The van der Waals surface area contributed by atoms with Crippen molar-refractivity contribution in [2.24, 2.45) is 0 Å². The zero-order valence-corrected chi connectivity index (χ0v) is 15.4. The predicted molar refractivity (Wildman–Crippen MR) is 102 cm³/mol. The Morgan fingerprint density at radius 2 is 1.96 bits per heavy atom. The van der Waals surface area contributed by atoms with Crippen LogP contribution in [0.3, 0.4) is 0 Å². The first-order chi connectivity index (χ1) is 11.7. The van der Waals surface area contributed by atoms with Crippen molar-refractivity contribution in [3.05, 3.63) is 40.5 Å². The minimum Gasteiger partial charge on any atom is -0.494 e. The predicted octanol–water partition coefficient (Wildman–Crippen LogP) is 5.83. The molecule has 4 nitrogen and oxygen atoms in total. The van der Waals surface area contributed by atoms with Gasteiger partial charge in [0.2, 0.25) is 5.28 Å². The van der Waals surface area contributed by atoms with Gasteiger partial charge in [0, 0.05) is 10.6 Å². The standard InChI is InChI=1S/C18H20ClN3OS/c1-3-5-10-23-13-8-6-12(7-9-13)20-16-15-11-14(4-2)24-17(15)22-18(19)21-16/h6-9,11H,3-5,10H2,1-2H3,(H,20,21,22). The van der Waals surface area contributed by atoms with E-state index in [0.717, 1.165) is 53.3 Å². The molecule has 0 bridgehead atoms. The van der Waals surface area contributed by atoms with Gasteiger partial charge in [0.25, 0.3) is 0 Å². The molecule has 2 heterocycles. The molecule has 1 aromatic carbocycles. The Kier molecular flexibility index (Phi) is 5.53. The SMILES string of the molecule is CCCCOc1ccc(Nc2nc(Cl)nc3sc(CC)cc23)cc1. The number of anilines is 2. The van der Waals surface area contributed by atoms with Crippen LogP contribution in [0.2, 0.25) is 5.28 Å². The van der Waals surface area contributed by atoms with Crippen LogP contribution in [0.5, 0.6) is 5.75 Å². The molecule has 3 rings (SSSR count). The number of halogens is 1. The summed E-state index contributed by atoms with van der Waals surface area (Å²) in [5.41, 5.74) is 0.943. The number of fused-ring (bicyclic) bond motifs is 1. The Morgan fingerprint density at radius 3 is 2.67 bits per heavy atom. The third-order valence-corrected chi connectivity index (χ3v) is 4.99. The highest BCUT2D eigenvalue weighted by Crippen LogP contribution is 2.32. The van der Waals surface area contributed by atoms with Gasteiger partial charge in [-0.2, -0.15) is 4.98 Å². The van der Waals surface area contributed by atoms with Gasteiger partial charge in [-0.1, -0.05) is 20.3 Å². The fraction of sp³-hybridized carbons (Fsp3) is 0.333. The molecule has 1 N–H and O–H groups in total. The Balaban J connectivity index is 1.80. The highest BCUT2D eigenvalue weighted by Gasteiger charge is 2.11. The van der Waals surface area contributed by atoms with Gasteiger partial charge in [-0.05, 0) is 54.8 Å². The van der Waals surface area contributed by atoms with Gasteiger partial charge in [0.1, 0.15) is 16.4 Å². The number of aromatic nitrogens is 2. The van der Waals surface area contributed by atoms with Gasteiger partial charge in [0.05, 0.1) is 12.0 Å². The van der Waals surface area contributed by atoms with Crippen LogP contribution in [0, 0.1) is 0 Å². The lowest BCUT2D eigenvalue weighted by Gasteiger charge is -2.09. The summed E-state index contributed by atoms with van der Waals surface area (Å²) in [4.78, 5) is 10.8. The van der Waals surface area contributed by atoms with Crippen molar-refractivity contribution in [2.75, 3.05) is 11.9 Å². The van der Waals surface area contributed by atoms with E-state index in [9.17, 15) is 0 Å². The summed E-state index contributed by atoms with van der Waals surface area (Å²) in [7, 11) is 0. The molecule has 24 heavy (non-hydrogen) atoms. The molecule has 0 aliphatic rings. The zero-order chi connectivity index (χ0) is 16.9. The molecule has 2 aromatic heterocycles. The monoisotopic (exact) mass is 361 g/mol. The summed E-state index contributed by atoms with van der Waals surface area (Å²) in [5, 5.41) is 4.60. The van der Waals surface area contributed by atoms with Crippen molar-refractivity contribution in [3.63, 3.8) is 0 Å². The molecule has 6 heteroatoms. The molecule has 0 aliphatic heterocycles. The average molecular weight is 362 g/mol. The van der Waals surface area contributed by atoms with Crippen molar-refractivity contribution < 1.29 is 4.74 Å². The first-order valence-electron chi connectivity index (χ1n) is 8.15. The van der Waals surface area contributed by atoms with E-state index in [0.29, 0.717) is 0 Å². The number of aryl methyl sites for hydroxylation is 1. The van der Waals surface area contributed by atoms with Gasteiger partial charge >= 0.3 is 0 Å². The van der Waals surface area contributed by atoms with Crippen LogP contribution >= 0.6 is 22.9 Å². The van der Waals surface area contributed by atoms with Crippen molar-refractivity contribution in [2.45, 2.75) is 33.1 Å². The lowest BCUT2D eigenvalue weighted by Crippen LogP contribution is -1.98. The number of benzene rings is 1. The number of nitrogens with zero attached hydrogens (tertiary/aromatic N) is 2. The fourth-order valence-corrected chi connectivity index (χ4v) is 3.51. The minimum atomic E-state index is 0.258. The van der Waals surface area contributed by atoms with Crippen molar-refractivity contribution in [1.82, 2.24) is 9.97 Å². The molecule has 0 aliphatic carbocycles. The van der Waals surface area contributed by atoms with Crippen LogP contribution < -0.4 is 10.1 Å². The fourth-order valence-electron chi connectivity index (χ4n) is 2.32. The summed E-state index contributed by atoms with van der Waals surface area (Å²) in [6.45, 7) is 5.03. The van der Waals surface area contributed by atoms with Gasteiger partial charge < -0.3 is 10.1 Å². The minimum absolute atomic E-state index is 0.258. The van der Waals surface area contributed by atoms with Gasteiger partial charge in [-0.15, -0.1) is 11.3 Å². The molecule has 0 atom stereocenters. The second kappa shape index (κ2) is 7.81. The summed E-state index contributed by atoms with van der Waals surface area (Å²) >= 11 is 7.72. The topological polar surface area (TPSA) is 47.0 Å². The van der Waals surface area contributed by atoms with E-state index < -0.39 is 0 Å². The number of ether oxygens (including phenoxy) is 1. The molecular formula is C18H20ClN3OS. The lowest BCUT2D eigenvalue weighted by molar-refractivity contribution is 0.309. The van der Waals surface area contributed by atoms with Crippen LogP contribution in [-0.2, 0) is 6.42 Å². The van der Waals surface area contributed by atoms with E-state index in [1.807, 2.05) is 24.3 Å². The molecule has 0 unspecified atom stereocenters. The third-order valence-electron chi connectivity index (χ3n) is 3.65. The van der Waals surface area contributed by atoms with E-state index >= 15 is 0 Å². The number of hydrogen-bond acceptors (Lipinski definition) is 5. The maximum absolute atomic E-state index is 6.06. The van der Waals surface area contributed by atoms with Crippen LogP contribution in [0.25, 0.3) is 10.2 Å². The second-order valence-corrected chi connectivity index (χ2v) is 6.93. The van der Waals surface area contributed by atoms with Crippen molar-refractivity contribution >= 4 is 44.7 Å². The first kappa shape index (κ1) is 17.0. The molecule has 3 aromatic rings. The molecule has 0 saturated carbocycles. The van der Waals surface area contributed by atoms with E-state index in [-0.39, 0.29) is 5.28 Å². The summed E-state index contributed by atoms with van der Waals surface area (Å²) in [6.07, 6.45) is 3.17. The Morgan fingerprint density at radius 1 is 1.17 bits per heavy atom. The van der Waals surface area contributed by atoms with Gasteiger partial charge in [0.15, 0.2) is 0 Å². The van der Waals surface area contributed by atoms with Crippen molar-refractivity contribution in [1.29, 1.82) is 0 Å². The van der Waals surface area contributed by atoms with Crippen LogP contribution in [0.15, 0.2) is 30.3 Å². The zero-order valence-electron chi connectivity index (χ0n) is 13.8. The Hall–Kier alpha value is -1.85. The maximum atomic E-state index is 6.06. The lowest BCUT2D eigenvalue weighted by atomic mass is 10.2. The van der Waals surface area contributed by atoms with Crippen LogP contribution in [0.4, 0.5) is 11.5 Å². The van der Waals surface area contributed by atoms with Crippen molar-refractivity contribution in [3.8, 4) is 5.75 Å². The van der Waals surface area contributed by atoms with E-state index in [2.05, 4.69) is 35.2 Å². The highest BCUT2D eigenvalue weighted by atomic mass is 35.5. The van der Waals surface area contributed by atoms with E-state index in [4.69, 9.17) is 16.3 Å². The maximum Gasteiger partial charge on any atom is 0.225 e. The van der Waals surface area contributed by atoms with Crippen LogP contribution in [0.1, 0.15) is 31.6 Å². The normalized spacial score (nSPS) is 11.0. The summed E-state index contributed by atoms with van der Waals surface area (Å²) in [5.74, 6) is 1.62. The smallest absolute Gasteiger partial charge is 0.225 e. The molecule has 126 valence electrons. The Labute approximate surface area is 150 Å². The number of hydrogen-bond donors (Lipinski definition) is 1. The highest BCUT2D eigenvalue weighted by molar-refractivity contribution is 7.18. The number of unbranched alkanes of at least 4 members (excludes halogenated alkanes) is 1. The summed E-state index contributed by atoms with van der Waals surface area (Å²) in [6, 6.07) is 10.0. The number of rotatable bonds is 7. The Bertz CT molecular complexity index is 817. The number of nitrogens with one attached hydrogen (secondary N) is 1. The van der Waals surface area contributed by atoms with E-state index in [1.165, 1.54) is 4.88 Å². The van der Waals surface area contributed by atoms with Gasteiger partial charge in [-0.3, -0.25) is 0 Å². The molecule has 0 spiro atoms.